The summed E-state index contributed by atoms with van der Waals surface area (Å²) in [4.78, 5) is 16.1. The predicted molar refractivity (Wildman–Crippen MR) is 90.3 cm³/mol. The number of carbonyl (C=O) groups is 1. The lowest BCUT2D eigenvalue weighted by Gasteiger charge is -2.35. The zero-order valence-corrected chi connectivity index (χ0v) is 14.6. The Bertz CT molecular complexity index is 745. The smallest absolute Gasteiger partial charge is 0.253 e. The lowest BCUT2D eigenvalue weighted by molar-refractivity contribution is 0.0906. The predicted octanol–water partition coefficient (Wildman–Crippen LogP) is 1.14. The number of nitrogens with zero attached hydrogens (tertiary/aromatic N) is 4. The van der Waals surface area contributed by atoms with Crippen LogP contribution in [0, 0.1) is 0 Å². The minimum absolute atomic E-state index is 0.0619. The minimum atomic E-state index is -0.201. The van der Waals surface area contributed by atoms with E-state index in [2.05, 4.69) is 20.5 Å². The van der Waals surface area contributed by atoms with E-state index in [1.165, 1.54) is 6.20 Å². The van der Waals surface area contributed by atoms with Crippen LogP contribution in [-0.4, -0.2) is 50.5 Å². The molecule has 3 rings (SSSR count). The Labute approximate surface area is 150 Å². The topological polar surface area (TPSA) is 102 Å². The first-order valence-electron chi connectivity index (χ1n) is 8.06. The molecule has 0 radical (unpaired) electrons. The molecule has 2 N–H and O–H groups in total. The Balaban J connectivity index is 1.60. The summed E-state index contributed by atoms with van der Waals surface area (Å²) in [5, 5.41) is 20.9. The largest absolute Gasteiger partial charge is 0.388 e. The number of carbonyl (C=O) groups excluding carboxylic acids is 1. The number of methoxy groups -OCH3 is 1. The van der Waals surface area contributed by atoms with Crippen molar-refractivity contribution < 1.29 is 14.6 Å². The van der Waals surface area contributed by atoms with E-state index < -0.39 is 0 Å². The van der Waals surface area contributed by atoms with E-state index >= 15 is 0 Å². The molecule has 25 heavy (non-hydrogen) atoms. The molecule has 1 saturated carbocycles. The van der Waals surface area contributed by atoms with Crippen molar-refractivity contribution in [3.63, 3.8) is 0 Å². The Kier molecular flexibility index (Phi) is 5.62. The van der Waals surface area contributed by atoms with Gasteiger partial charge in [-0.15, -0.1) is 10.2 Å². The zero-order valence-electron chi connectivity index (χ0n) is 13.9. The molecule has 0 saturated heterocycles. The molecule has 0 spiro atoms. The van der Waals surface area contributed by atoms with Gasteiger partial charge in [-0.25, -0.2) is 0 Å². The normalized spacial score (nSPS) is 19.5. The summed E-state index contributed by atoms with van der Waals surface area (Å²) in [5.41, 5.74) is 0.422. The quantitative estimate of drug-likeness (QED) is 0.762. The van der Waals surface area contributed by atoms with E-state index in [0.29, 0.717) is 29.6 Å². The molecule has 0 atom stereocenters. The summed E-state index contributed by atoms with van der Waals surface area (Å²) in [7, 11) is 1.63. The molecule has 1 fully saturated rings. The van der Waals surface area contributed by atoms with Gasteiger partial charge < -0.3 is 19.7 Å². The van der Waals surface area contributed by atoms with Crippen molar-refractivity contribution in [3.8, 4) is 0 Å². The molecule has 134 valence electrons. The lowest BCUT2D eigenvalue weighted by Crippen LogP contribution is -2.44. The molecule has 0 unspecified atom stereocenters. The second-order valence-electron chi connectivity index (χ2n) is 5.97. The summed E-state index contributed by atoms with van der Waals surface area (Å²) in [5.74, 6) is 1.35. The summed E-state index contributed by atoms with van der Waals surface area (Å²) in [6.07, 6.45) is 4.53. The second-order valence-corrected chi connectivity index (χ2v) is 6.38. The highest BCUT2D eigenvalue weighted by molar-refractivity contribution is 6.33. The SMILES string of the molecule is COCCn1c(CO)nnc1C1CC(NC(=O)c2ccncc2Cl)C1. The first-order valence-corrected chi connectivity index (χ1v) is 8.44. The number of halogens is 1. The summed E-state index contributed by atoms with van der Waals surface area (Å²) in [6, 6.07) is 1.66. The third-order valence-electron chi connectivity index (χ3n) is 4.37. The summed E-state index contributed by atoms with van der Waals surface area (Å²) >= 11 is 6.00. The maximum Gasteiger partial charge on any atom is 0.253 e. The molecular weight excluding hydrogens is 346 g/mol. The number of aliphatic hydroxyl groups is 1. The number of hydrogen-bond acceptors (Lipinski definition) is 6. The molecule has 8 nitrogen and oxygen atoms in total. The van der Waals surface area contributed by atoms with E-state index in [-0.39, 0.29) is 24.5 Å². The van der Waals surface area contributed by atoms with Gasteiger partial charge in [0.1, 0.15) is 12.4 Å². The third-order valence-corrected chi connectivity index (χ3v) is 4.67. The van der Waals surface area contributed by atoms with Crippen molar-refractivity contribution in [2.75, 3.05) is 13.7 Å². The molecule has 2 aromatic heterocycles. The van der Waals surface area contributed by atoms with Crippen molar-refractivity contribution >= 4 is 17.5 Å². The highest BCUT2D eigenvalue weighted by Crippen LogP contribution is 2.36. The molecule has 1 aliphatic rings. The van der Waals surface area contributed by atoms with Crippen LogP contribution in [0.3, 0.4) is 0 Å². The number of pyridine rings is 1. The van der Waals surface area contributed by atoms with Gasteiger partial charge in [0.25, 0.3) is 5.91 Å². The van der Waals surface area contributed by atoms with Crippen molar-refractivity contribution in [1.29, 1.82) is 0 Å². The summed E-state index contributed by atoms with van der Waals surface area (Å²) in [6.45, 7) is 0.949. The van der Waals surface area contributed by atoms with Crippen molar-refractivity contribution in [2.45, 2.75) is 38.0 Å². The zero-order chi connectivity index (χ0) is 17.8. The van der Waals surface area contributed by atoms with Gasteiger partial charge in [-0.05, 0) is 18.9 Å². The fraction of sp³-hybridized carbons (Fsp3) is 0.500. The van der Waals surface area contributed by atoms with E-state index in [9.17, 15) is 9.90 Å². The van der Waals surface area contributed by atoms with Gasteiger partial charge in [-0.2, -0.15) is 0 Å². The maximum atomic E-state index is 12.3. The fourth-order valence-electron chi connectivity index (χ4n) is 2.96. The molecule has 0 aliphatic heterocycles. The Hall–Kier alpha value is -2.03. The lowest BCUT2D eigenvalue weighted by atomic mass is 9.79. The van der Waals surface area contributed by atoms with E-state index in [0.717, 1.165) is 18.7 Å². The Morgan fingerprint density at radius 2 is 2.28 bits per heavy atom. The number of aliphatic hydroxyl groups excluding tert-OH is 1. The maximum absolute atomic E-state index is 12.3. The van der Waals surface area contributed by atoms with Gasteiger partial charge in [-0.1, -0.05) is 11.6 Å². The highest BCUT2D eigenvalue weighted by Gasteiger charge is 2.35. The highest BCUT2D eigenvalue weighted by atomic mass is 35.5. The van der Waals surface area contributed by atoms with Gasteiger partial charge in [-0.3, -0.25) is 9.78 Å². The molecule has 1 amide bonds. The molecule has 2 aromatic rings. The standard InChI is InChI=1S/C16H20ClN5O3/c1-25-5-4-22-14(9-23)20-21-15(22)10-6-11(7-10)19-16(24)12-2-3-18-8-13(12)17/h2-3,8,10-11,23H,4-7,9H2,1H3,(H,19,24). The fourth-order valence-corrected chi connectivity index (χ4v) is 3.17. The molecule has 0 aromatic carbocycles. The molecule has 2 heterocycles. The average molecular weight is 366 g/mol. The van der Waals surface area contributed by atoms with Gasteiger partial charge in [0, 0.05) is 38.0 Å². The first kappa shape index (κ1) is 17.8. The van der Waals surface area contributed by atoms with Crippen molar-refractivity contribution in [3.05, 3.63) is 40.7 Å². The third kappa shape index (κ3) is 3.81. The van der Waals surface area contributed by atoms with E-state index in [1.54, 1.807) is 19.4 Å². The van der Waals surface area contributed by atoms with Crippen LogP contribution in [0.5, 0.6) is 0 Å². The Morgan fingerprint density at radius 1 is 1.48 bits per heavy atom. The molecule has 9 heteroatoms. The molecule has 1 aliphatic carbocycles. The second kappa shape index (κ2) is 7.90. The summed E-state index contributed by atoms with van der Waals surface area (Å²) < 4.78 is 7.00. The average Bonchev–Trinajstić information content (AvgIpc) is 2.98. The van der Waals surface area contributed by atoms with E-state index in [4.69, 9.17) is 16.3 Å². The van der Waals surface area contributed by atoms with Gasteiger partial charge >= 0.3 is 0 Å². The van der Waals surface area contributed by atoms with Crippen LogP contribution in [0.1, 0.15) is 40.8 Å². The molecule has 0 bridgehead atoms. The van der Waals surface area contributed by atoms with Gasteiger partial charge in [0.15, 0.2) is 5.82 Å². The number of amides is 1. The minimum Gasteiger partial charge on any atom is -0.388 e. The number of nitrogens with one attached hydrogen (secondary N) is 1. The van der Waals surface area contributed by atoms with Crippen LogP contribution >= 0.6 is 11.6 Å². The first-order chi connectivity index (χ1) is 12.1. The van der Waals surface area contributed by atoms with E-state index in [1.807, 2.05) is 4.57 Å². The number of aromatic nitrogens is 4. The van der Waals surface area contributed by atoms with Crippen LogP contribution in [0.25, 0.3) is 0 Å². The van der Waals surface area contributed by atoms with Gasteiger partial charge in [0.2, 0.25) is 0 Å². The van der Waals surface area contributed by atoms with Gasteiger partial charge in [0.05, 0.1) is 17.2 Å². The Morgan fingerprint density at radius 3 is 2.96 bits per heavy atom. The van der Waals surface area contributed by atoms with Crippen LogP contribution < -0.4 is 5.32 Å². The monoisotopic (exact) mass is 365 g/mol. The van der Waals surface area contributed by atoms with Crippen LogP contribution in [0.2, 0.25) is 5.02 Å². The van der Waals surface area contributed by atoms with Crippen LogP contribution in [0.15, 0.2) is 18.5 Å². The van der Waals surface area contributed by atoms with Crippen molar-refractivity contribution in [1.82, 2.24) is 25.1 Å². The number of ether oxygens (including phenoxy) is 1. The van der Waals surface area contributed by atoms with Crippen molar-refractivity contribution in [2.24, 2.45) is 0 Å². The molecular formula is C16H20ClN5O3. The van der Waals surface area contributed by atoms with Crippen LogP contribution in [-0.2, 0) is 17.9 Å². The van der Waals surface area contributed by atoms with Crippen LogP contribution in [0.4, 0.5) is 0 Å². The number of rotatable bonds is 7. The number of hydrogen-bond donors (Lipinski definition) is 2.